The Morgan fingerprint density at radius 3 is 2.46 bits per heavy atom. The number of aryl methyl sites for hydroxylation is 2. The molecule has 0 aliphatic heterocycles. The Morgan fingerprint density at radius 1 is 1.08 bits per heavy atom. The molecule has 2 aromatic heterocycles. The molecule has 5 nitrogen and oxygen atoms in total. The van der Waals surface area contributed by atoms with Crippen LogP contribution in [-0.4, -0.2) is 19.7 Å². The van der Waals surface area contributed by atoms with Crippen molar-refractivity contribution in [2.75, 3.05) is 5.32 Å². The van der Waals surface area contributed by atoms with E-state index in [0.717, 1.165) is 35.1 Å². The summed E-state index contributed by atoms with van der Waals surface area (Å²) in [6.07, 6.45) is 2.70. The van der Waals surface area contributed by atoms with Crippen molar-refractivity contribution >= 4 is 11.5 Å². The average molecular weight is 321 g/mol. The molecule has 0 bridgehead atoms. The Hall–Kier alpha value is -2.69. The van der Waals surface area contributed by atoms with Crippen LogP contribution in [0.2, 0.25) is 0 Å². The molecule has 0 aliphatic rings. The maximum atomic E-state index is 4.47. The number of benzene rings is 1. The average Bonchev–Trinajstić information content (AvgIpc) is 2.93. The van der Waals surface area contributed by atoms with Crippen LogP contribution in [0.5, 0.6) is 0 Å². The number of nitrogens with one attached hydrogen (secondary N) is 1. The van der Waals surface area contributed by atoms with E-state index in [9.17, 15) is 0 Å². The van der Waals surface area contributed by atoms with Gasteiger partial charge in [-0.3, -0.25) is 0 Å². The number of nitrogens with zero attached hydrogens (tertiary/aromatic N) is 4. The van der Waals surface area contributed by atoms with Crippen molar-refractivity contribution in [3.63, 3.8) is 0 Å². The van der Waals surface area contributed by atoms with E-state index in [2.05, 4.69) is 58.5 Å². The van der Waals surface area contributed by atoms with Crippen LogP contribution < -0.4 is 5.32 Å². The fourth-order valence-electron chi connectivity index (χ4n) is 2.67. The molecular weight excluding hydrogens is 298 g/mol. The van der Waals surface area contributed by atoms with E-state index in [-0.39, 0.29) is 0 Å². The maximum Gasteiger partial charge on any atom is 0.159 e. The van der Waals surface area contributed by atoms with Gasteiger partial charge >= 0.3 is 0 Å². The van der Waals surface area contributed by atoms with Crippen LogP contribution in [0.3, 0.4) is 0 Å². The topological polar surface area (TPSA) is 55.6 Å². The summed E-state index contributed by atoms with van der Waals surface area (Å²) in [7, 11) is 0. The van der Waals surface area contributed by atoms with Crippen molar-refractivity contribution < 1.29 is 0 Å². The van der Waals surface area contributed by atoms with Gasteiger partial charge in [0.1, 0.15) is 12.1 Å². The second kappa shape index (κ2) is 6.83. The predicted molar refractivity (Wildman–Crippen MR) is 97.1 cm³/mol. The van der Waals surface area contributed by atoms with Gasteiger partial charge in [-0.15, -0.1) is 0 Å². The lowest BCUT2D eigenvalue weighted by atomic mass is 9.99. The van der Waals surface area contributed by atoms with Crippen LogP contribution in [0.15, 0.2) is 42.7 Å². The van der Waals surface area contributed by atoms with Crippen molar-refractivity contribution in [3.8, 4) is 5.82 Å². The maximum absolute atomic E-state index is 4.47. The molecule has 0 saturated heterocycles. The highest BCUT2D eigenvalue weighted by molar-refractivity contribution is 5.57. The molecule has 5 heteroatoms. The van der Waals surface area contributed by atoms with Gasteiger partial charge in [-0.05, 0) is 49.9 Å². The molecule has 0 spiro atoms. The lowest BCUT2D eigenvalue weighted by molar-refractivity contribution is 0.734. The molecule has 0 aliphatic carbocycles. The Balaban J connectivity index is 1.81. The Morgan fingerprint density at radius 2 is 1.83 bits per heavy atom. The molecule has 1 N–H and O–H groups in total. The van der Waals surface area contributed by atoms with Gasteiger partial charge < -0.3 is 5.32 Å². The van der Waals surface area contributed by atoms with Crippen LogP contribution in [-0.2, 0) is 0 Å². The summed E-state index contributed by atoms with van der Waals surface area (Å²) >= 11 is 0. The highest BCUT2D eigenvalue weighted by atomic mass is 15.3. The summed E-state index contributed by atoms with van der Waals surface area (Å²) in [5, 5.41) is 7.80. The molecule has 3 aromatic rings. The van der Waals surface area contributed by atoms with Crippen molar-refractivity contribution in [3.05, 3.63) is 59.7 Å². The van der Waals surface area contributed by atoms with Crippen LogP contribution in [0.25, 0.3) is 5.82 Å². The molecule has 2 heterocycles. The molecule has 124 valence electrons. The van der Waals surface area contributed by atoms with Gasteiger partial charge in [-0.2, -0.15) is 5.10 Å². The highest BCUT2D eigenvalue weighted by Gasteiger charge is 2.07. The van der Waals surface area contributed by atoms with Gasteiger partial charge in [0.05, 0.1) is 5.69 Å². The summed E-state index contributed by atoms with van der Waals surface area (Å²) in [4.78, 5) is 8.63. The molecule has 3 rings (SSSR count). The van der Waals surface area contributed by atoms with Gasteiger partial charge in [0.2, 0.25) is 0 Å². The Labute approximate surface area is 142 Å². The minimum absolute atomic E-state index is 0.579. The summed E-state index contributed by atoms with van der Waals surface area (Å²) in [6, 6.07) is 12.4. The van der Waals surface area contributed by atoms with Gasteiger partial charge in [0.25, 0.3) is 0 Å². The minimum Gasteiger partial charge on any atom is -0.340 e. The lowest BCUT2D eigenvalue weighted by Gasteiger charge is -2.11. The van der Waals surface area contributed by atoms with Crippen LogP contribution in [0.1, 0.15) is 43.1 Å². The highest BCUT2D eigenvalue weighted by Crippen LogP contribution is 2.22. The number of aromatic nitrogens is 4. The summed E-state index contributed by atoms with van der Waals surface area (Å²) in [6.45, 7) is 8.44. The van der Waals surface area contributed by atoms with Gasteiger partial charge in [-0.25, -0.2) is 14.6 Å². The molecule has 0 saturated carbocycles. The predicted octanol–water partition coefficient (Wildman–Crippen LogP) is 4.54. The van der Waals surface area contributed by atoms with Gasteiger partial charge in [0.15, 0.2) is 5.82 Å². The first kappa shape index (κ1) is 16.2. The zero-order valence-electron chi connectivity index (χ0n) is 14.6. The SMILES string of the molecule is CC[C@@H](C)c1ccc(Nc2cc(-n3nc(C)cc3C)ncn2)cc1. The first-order valence-electron chi connectivity index (χ1n) is 8.29. The summed E-state index contributed by atoms with van der Waals surface area (Å²) < 4.78 is 1.83. The smallest absolute Gasteiger partial charge is 0.159 e. The number of anilines is 2. The zero-order valence-corrected chi connectivity index (χ0v) is 14.6. The quantitative estimate of drug-likeness (QED) is 0.750. The van der Waals surface area contributed by atoms with Crippen molar-refractivity contribution in [1.29, 1.82) is 0 Å². The molecule has 24 heavy (non-hydrogen) atoms. The third-order valence-corrected chi connectivity index (χ3v) is 4.24. The lowest BCUT2D eigenvalue weighted by Crippen LogP contribution is -2.04. The van der Waals surface area contributed by atoms with E-state index in [4.69, 9.17) is 0 Å². The van der Waals surface area contributed by atoms with Crippen LogP contribution in [0.4, 0.5) is 11.5 Å². The fraction of sp³-hybridized carbons (Fsp3) is 0.316. The van der Waals surface area contributed by atoms with Gasteiger partial charge in [0, 0.05) is 17.4 Å². The van der Waals surface area contributed by atoms with Gasteiger partial charge in [-0.1, -0.05) is 26.0 Å². The van der Waals surface area contributed by atoms with E-state index in [1.165, 1.54) is 5.56 Å². The van der Waals surface area contributed by atoms with E-state index >= 15 is 0 Å². The standard InChI is InChI=1S/C19H23N5/c1-5-13(2)16-6-8-17(9-7-16)22-18-11-19(21-12-20-18)24-15(4)10-14(3)23-24/h6-13H,5H2,1-4H3,(H,20,21,22)/t13-/m1/s1. The fourth-order valence-corrected chi connectivity index (χ4v) is 2.67. The molecular formula is C19H23N5. The normalized spacial score (nSPS) is 12.2. The van der Waals surface area contributed by atoms with Crippen molar-refractivity contribution in [2.45, 2.75) is 40.0 Å². The van der Waals surface area contributed by atoms with E-state index in [1.807, 2.05) is 30.7 Å². The van der Waals surface area contributed by atoms with E-state index in [1.54, 1.807) is 6.33 Å². The number of hydrogen-bond acceptors (Lipinski definition) is 4. The molecule has 0 fully saturated rings. The second-order valence-electron chi connectivity index (χ2n) is 6.16. The molecule has 0 amide bonds. The number of rotatable bonds is 5. The first-order valence-corrected chi connectivity index (χ1v) is 8.29. The molecule has 1 atom stereocenters. The summed E-state index contributed by atoms with van der Waals surface area (Å²) in [5.74, 6) is 2.09. The van der Waals surface area contributed by atoms with E-state index < -0.39 is 0 Å². The van der Waals surface area contributed by atoms with Crippen molar-refractivity contribution in [2.24, 2.45) is 0 Å². The molecule has 0 radical (unpaired) electrons. The zero-order chi connectivity index (χ0) is 17.1. The Bertz CT molecular complexity index is 820. The third-order valence-electron chi connectivity index (χ3n) is 4.24. The monoisotopic (exact) mass is 321 g/mol. The first-order chi connectivity index (χ1) is 11.6. The summed E-state index contributed by atoms with van der Waals surface area (Å²) in [5.41, 5.74) is 4.39. The minimum atomic E-state index is 0.579. The third kappa shape index (κ3) is 3.45. The van der Waals surface area contributed by atoms with Crippen LogP contribution in [0, 0.1) is 13.8 Å². The largest absolute Gasteiger partial charge is 0.340 e. The van der Waals surface area contributed by atoms with Crippen molar-refractivity contribution in [1.82, 2.24) is 19.7 Å². The number of hydrogen-bond donors (Lipinski definition) is 1. The molecule has 0 unspecified atom stereocenters. The van der Waals surface area contributed by atoms with E-state index in [0.29, 0.717) is 5.92 Å². The second-order valence-corrected chi connectivity index (χ2v) is 6.16. The Kier molecular flexibility index (Phi) is 4.60. The molecule has 1 aromatic carbocycles. The van der Waals surface area contributed by atoms with Crippen LogP contribution >= 0.6 is 0 Å².